The van der Waals surface area contributed by atoms with E-state index < -0.39 is 5.97 Å². The van der Waals surface area contributed by atoms with E-state index in [4.69, 9.17) is 9.84 Å². The van der Waals surface area contributed by atoms with Gasteiger partial charge in [-0.15, -0.1) is 0 Å². The van der Waals surface area contributed by atoms with Gasteiger partial charge in [-0.2, -0.15) is 0 Å². The van der Waals surface area contributed by atoms with Crippen molar-refractivity contribution < 1.29 is 24.2 Å². The van der Waals surface area contributed by atoms with Crippen LogP contribution in [0.15, 0.2) is 0 Å². The van der Waals surface area contributed by atoms with Gasteiger partial charge >= 0.3 is 12.0 Å². The van der Waals surface area contributed by atoms with Crippen molar-refractivity contribution in [1.82, 2.24) is 15.1 Å². The number of rotatable bonds is 7. The number of urea groups is 1. The van der Waals surface area contributed by atoms with Gasteiger partial charge in [-0.25, -0.2) is 4.79 Å². The van der Waals surface area contributed by atoms with Crippen LogP contribution in [0.2, 0.25) is 0 Å². The number of likely N-dealkylation sites (tertiary alicyclic amines) is 1. The van der Waals surface area contributed by atoms with Gasteiger partial charge in [0.05, 0.1) is 13.0 Å². The van der Waals surface area contributed by atoms with Gasteiger partial charge in [-0.3, -0.25) is 9.59 Å². The first-order chi connectivity index (χ1) is 9.95. The number of ether oxygens (including phenoxy) is 1. The van der Waals surface area contributed by atoms with Crippen molar-refractivity contribution in [1.29, 1.82) is 0 Å². The Hall–Kier alpha value is -1.83. The third-order valence-corrected chi connectivity index (χ3v) is 3.37. The highest BCUT2D eigenvalue weighted by Gasteiger charge is 2.32. The Morgan fingerprint density at radius 3 is 2.76 bits per heavy atom. The molecule has 2 N–H and O–H groups in total. The van der Waals surface area contributed by atoms with Crippen LogP contribution in [-0.2, 0) is 14.3 Å². The lowest BCUT2D eigenvalue weighted by molar-refractivity contribution is -0.138. The summed E-state index contributed by atoms with van der Waals surface area (Å²) in [6.45, 7) is 1.28. The van der Waals surface area contributed by atoms with E-state index in [-0.39, 0.29) is 30.9 Å². The zero-order chi connectivity index (χ0) is 15.8. The molecule has 1 unspecified atom stereocenters. The number of hydrogen-bond acceptors (Lipinski definition) is 4. The number of nitrogens with one attached hydrogen (secondary N) is 1. The summed E-state index contributed by atoms with van der Waals surface area (Å²) >= 11 is 0. The van der Waals surface area contributed by atoms with Crippen molar-refractivity contribution >= 4 is 17.9 Å². The predicted octanol–water partition coefficient (Wildman–Crippen LogP) is -0.260. The molecule has 0 spiro atoms. The lowest BCUT2D eigenvalue weighted by atomic mass is 10.1. The molecule has 120 valence electrons. The number of carboxylic acids is 1. The molecule has 1 rings (SSSR count). The maximum Gasteiger partial charge on any atom is 0.320 e. The van der Waals surface area contributed by atoms with E-state index in [0.717, 1.165) is 6.42 Å². The van der Waals surface area contributed by atoms with Crippen LogP contribution in [0.5, 0.6) is 0 Å². The summed E-state index contributed by atoms with van der Waals surface area (Å²) in [6, 6.07) is -0.588. The van der Waals surface area contributed by atoms with Gasteiger partial charge in [0.15, 0.2) is 0 Å². The van der Waals surface area contributed by atoms with E-state index in [9.17, 15) is 14.4 Å². The average Bonchev–Trinajstić information content (AvgIpc) is 2.85. The molecule has 0 radical (unpaired) electrons. The average molecular weight is 301 g/mol. The molecule has 8 nitrogen and oxygen atoms in total. The first kappa shape index (κ1) is 17.2. The molecule has 21 heavy (non-hydrogen) atoms. The van der Waals surface area contributed by atoms with Crippen LogP contribution in [-0.4, -0.2) is 79.3 Å². The number of carbonyl (C=O) groups is 3. The minimum Gasteiger partial charge on any atom is -0.481 e. The van der Waals surface area contributed by atoms with Crippen LogP contribution < -0.4 is 5.32 Å². The van der Waals surface area contributed by atoms with E-state index in [0.29, 0.717) is 26.1 Å². The second kappa shape index (κ2) is 8.46. The van der Waals surface area contributed by atoms with E-state index >= 15 is 0 Å². The van der Waals surface area contributed by atoms with Crippen LogP contribution >= 0.6 is 0 Å². The molecular formula is C13H23N3O5. The van der Waals surface area contributed by atoms with E-state index in [1.807, 2.05) is 0 Å². The smallest absolute Gasteiger partial charge is 0.320 e. The SMILES string of the molecule is COCCNC(=O)CN(C)C(=O)N1CCCC1CC(=O)O. The normalized spacial score (nSPS) is 17.6. The molecule has 1 fully saturated rings. The maximum atomic E-state index is 12.3. The van der Waals surface area contributed by atoms with Gasteiger partial charge in [0.1, 0.15) is 6.54 Å². The van der Waals surface area contributed by atoms with E-state index in [1.165, 1.54) is 24.0 Å². The summed E-state index contributed by atoms with van der Waals surface area (Å²) in [5.74, 6) is -1.18. The molecule has 0 bridgehead atoms. The minimum absolute atomic E-state index is 0.0559. The molecule has 0 aromatic heterocycles. The molecule has 0 aromatic carbocycles. The van der Waals surface area contributed by atoms with Crippen molar-refractivity contribution in [3.63, 3.8) is 0 Å². The van der Waals surface area contributed by atoms with Crippen LogP contribution in [0, 0.1) is 0 Å². The molecule has 1 heterocycles. The Bertz CT molecular complexity index is 388. The number of carboxylic acid groups (broad SMARTS) is 1. The van der Waals surface area contributed by atoms with Gasteiger partial charge < -0.3 is 25.0 Å². The predicted molar refractivity (Wildman–Crippen MR) is 74.9 cm³/mol. The number of amides is 3. The van der Waals surface area contributed by atoms with Gasteiger partial charge in [0.2, 0.25) is 5.91 Å². The highest BCUT2D eigenvalue weighted by atomic mass is 16.5. The van der Waals surface area contributed by atoms with Crippen molar-refractivity contribution in [2.24, 2.45) is 0 Å². The Kier molecular flexibility index (Phi) is 6.93. The highest BCUT2D eigenvalue weighted by molar-refractivity contribution is 5.84. The fraction of sp³-hybridized carbons (Fsp3) is 0.769. The monoisotopic (exact) mass is 301 g/mol. The second-order valence-corrected chi connectivity index (χ2v) is 5.07. The molecule has 0 aliphatic carbocycles. The fourth-order valence-electron chi connectivity index (χ4n) is 2.35. The molecule has 8 heteroatoms. The van der Waals surface area contributed by atoms with Crippen LogP contribution in [0.4, 0.5) is 4.79 Å². The number of aliphatic carboxylic acids is 1. The van der Waals surface area contributed by atoms with Crippen LogP contribution in [0.3, 0.4) is 0 Å². The molecular weight excluding hydrogens is 278 g/mol. The largest absolute Gasteiger partial charge is 0.481 e. The quantitative estimate of drug-likeness (QED) is 0.631. The highest BCUT2D eigenvalue weighted by Crippen LogP contribution is 2.21. The van der Waals surface area contributed by atoms with E-state index in [2.05, 4.69) is 5.32 Å². The Morgan fingerprint density at radius 1 is 1.43 bits per heavy atom. The summed E-state index contributed by atoms with van der Waals surface area (Å²) in [5, 5.41) is 11.5. The zero-order valence-corrected chi connectivity index (χ0v) is 12.5. The van der Waals surface area contributed by atoms with Crippen molar-refractivity contribution in [3.8, 4) is 0 Å². The van der Waals surface area contributed by atoms with Gasteiger partial charge in [0, 0.05) is 33.3 Å². The van der Waals surface area contributed by atoms with Gasteiger partial charge in [0.25, 0.3) is 0 Å². The molecule has 0 saturated carbocycles. The summed E-state index contributed by atoms with van der Waals surface area (Å²) in [6.07, 6.45) is 1.42. The Labute approximate surface area is 124 Å². The first-order valence-electron chi connectivity index (χ1n) is 6.95. The topological polar surface area (TPSA) is 99.2 Å². The van der Waals surface area contributed by atoms with E-state index in [1.54, 1.807) is 0 Å². The lowest BCUT2D eigenvalue weighted by Crippen LogP contribution is -2.47. The third-order valence-electron chi connectivity index (χ3n) is 3.37. The molecule has 0 aromatic rings. The molecule has 1 aliphatic heterocycles. The molecule has 1 atom stereocenters. The lowest BCUT2D eigenvalue weighted by Gasteiger charge is -2.28. The third kappa shape index (κ3) is 5.58. The van der Waals surface area contributed by atoms with Crippen molar-refractivity contribution in [2.75, 3.05) is 40.4 Å². The standard InChI is InChI=1S/C13H23N3O5/c1-15(9-11(17)14-5-7-21-2)13(20)16-6-3-4-10(16)8-12(18)19/h10H,3-9H2,1-2H3,(H,14,17)(H,18,19). The van der Waals surface area contributed by atoms with Gasteiger partial charge in [-0.1, -0.05) is 0 Å². The summed E-state index contributed by atoms with van der Waals surface area (Å²) in [5.41, 5.74) is 0. The zero-order valence-electron chi connectivity index (χ0n) is 12.5. The maximum absolute atomic E-state index is 12.3. The number of methoxy groups -OCH3 is 1. The molecule has 1 aliphatic rings. The van der Waals surface area contributed by atoms with Crippen molar-refractivity contribution in [2.45, 2.75) is 25.3 Å². The number of nitrogens with zero attached hydrogens (tertiary/aromatic N) is 2. The number of likely N-dealkylation sites (N-methyl/N-ethyl adjacent to an activating group) is 1. The Balaban J connectivity index is 2.45. The van der Waals surface area contributed by atoms with Gasteiger partial charge in [-0.05, 0) is 12.8 Å². The number of hydrogen-bond donors (Lipinski definition) is 2. The summed E-state index contributed by atoms with van der Waals surface area (Å²) in [4.78, 5) is 37.5. The summed E-state index contributed by atoms with van der Waals surface area (Å²) in [7, 11) is 3.08. The fourth-order valence-corrected chi connectivity index (χ4v) is 2.35. The molecule has 3 amide bonds. The Morgan fingerprint density at radius 2 is 2.14 bits per heavy atom. The molecule has 1 saturated heterocycles. The minimum atomic E-state index is -0.917. The second-order valence-electron chi connectivity index (χ2n) is 5.07. The summed E-state index contributed by atoms with van der Waals surface area (Å²) < 4.78 is 4.82. The van der Waals surface area contributed by atoms with Crippen molar-refractivity contribution in [3.05, 3.63) is 0 Å². The van der Waals surface area contributed by atoms with Crippen LogP contribution in [0.25, 0.3) is 0 Å². The number of carbonyl (C=O) groups excluding carboxylic acids is 2. The first-order valence-corrected chi connectivity index (χ1v) is 6.95. The van der Waals surface area contributed by atoms with Crippen LogP contribution in [0.1, 0.15) is 19.3 Å².